The third kappa shape index (κ3) is 2.84. The zero-order valence-corrected chi connectivity index (χ0v) is 13.1. The zero-order valence-electron chi connectivity index (χ0n) is 13.1. The van der Waals surface area contributed by atoms with Gasteiger partial charge in [0.25, 0.3) is 0 Å². The summed E-state index contributed by atoms with van der Waals surface area (Å²) in [4.78, 5) is 24.0. The number of carboxylic acids is 1. The lowest BCUT2D eigenvalue weighted by molar-refractivity contribution is 0.0696. The van der Waals surface area contributed by atoms with E-state index in [1.54, 1.807) is 12.1 Å². The smallest absolute Gasteiger partial charge is 0.335 e. The molecular formula is C19H18O4. The molecule has 0 aliphatic heterocycles. The van der Waals surface area contributed by atoms with Crippen molar-refractivity contribution in [3.8, 4) is 5.75 Å². The van der Waals surface area contributed by atoms with Gasteiger partial charge in [-0.1, -0.05) is 12.1 Å². The molecule has 0 radical (unpaired) electrons. The van der Waals surface area contributed by atoms with E-state index in [2.05, 4.69) is 0 Å². The predicted octanol–water partition coefficient (Wildman–Crippen LogP) is 3.50. The lowest BCUT2D eigenvalue weighted by Crippen LogP contribution is -2.10. The molecule has 0 fully saturated rings. The molecule has 0 atom stereocenters. The highest BCUT2D eigenvalue weighted by Crippen LogP contribution is 2.31. The van der Waals surface area contributed by atoms with E-state index in [1.165, 1.54) is 6.07 Å². The largest absolute Gasteiger partial charge is 0.491 e. The van der Waals surface area contributed by atoms with Gasteiger partial charge in [-0.2, -0.15) is 0 Å². The summed E-state index contributed by atoms with van der Waals surface area (Å²) in [6.45, 7) is 3.90. The van der Waals surface area contributed by atoms with Crippen LogP contribution in [0.25, 0.3) is 0 Å². The number of ketones is 1. The highest BCUT2D eigenvalue weighted by molar-refractivity contribution is 6.12. The van der Waals surface area contributed by atoms with Gasteiger partial charge >= 0.3 is 5.97 Å². The van der Waals surface area contributed by atoms with Gasteiger partial charge in [0.05, 0.1) is 11.7 Å². The van der Waals surface area contributed by atoms with Crippen molar-refractivity contribution in [2.75, 3.05) is 0 Å². The van der Waals surface area contributed by atoms with E-state index < -0.39 is 5.97 Å². The molecule has 0 heterocycles. The fourth-order valence-electron chi connectivity index (χ4n) is 2.96. The molecule has 4 nitrogen and oxygen atoms in total. The topological polar surface area (TPSA) is 63.6 Å². The van der Waals surface area contributed by atoms with Crippen LogP contribution >= 0.6 is 0 Å². The average Bonchev–Trinajstić information content (AvgIpc) is 2.65. The van der Waals surface area contributed by atoms with Crippen LogP contribution in [0.15, 0.2) is 36.4 Å². The van der Waals surface area contributed by atoms with E-state index >= 15 is 0 Å². The number of carbonyl (C=O) groups is 2. The van der Waals surface area contributed by atoms with Gasteiger partial charge < -0.3 is 9.84 Å². The highest BCUT2D eigenvalue weighted by atomic mass is 16.5. The maximum atomic E-state index is 12.8. The number of aromatic carboxylic acids is 1. The third-order valence-corrected chi connectivity index (χ3v) is 3.98. The molecule has 0 bridgehead atoms. The van der Waals surface area contributed by atoms with Crippen molar-refractivity contribution in [2.24, 2.45) is 0 Å². The Balaban J connectivity index is 2.08. The number of aryl methyl sites for hydroxylation is 1. The van der Waals surface area contributed by atoms with E-state index in [0.29, 0.717) is 24.0 Å². The van der Waals surface area contributed by atoms with Crippen molar-refractivity contribution in [2.45, 2.75) is 32.8 Å². The van der Waals surface area contributed by atoms with Gasteiger partial charge in [-0.05, 0) is 56.5 Å². The van der Waals surface area contributed by atoms with E-state index in [1.807, 2.05) is 32.0 Å². The van der Waals surface area contributed by atoms with Gasteiger partial charge in [0.1, 0.15) is 5.75 Å². The van der Waals surface area contributed by atoms with Gasteiger partial charge in [0.2, 0.25) is 0 Å². The molecule has 0 unspecified atom stereocenters. The maximum absolute atomic E-state index is 12.8. The van der Waals surface area contributed by atoms with Crippen LogP contribution in [0.1, 0.15) is 51.3 Å². The lowest BCUT2D eigenvalue weighted by atomic mass is 9.97. The van der Waals surface area contributed by atoms with Crippen LogP contribution in [0.2, 0.25) is 0 Å². The van der Waals surface area contributed by atoms with Crippen molar-refractivity contribution in [1.82, 2.24) is 0 Å². The first-order chi connectivity index (χ1) is 11.0. The molecular weight excluding hydrogens is 292 g/mol. The predicted molar refractivity (Wildman–Crippen MR) is 86.4 cm³/mol. The van der Waals surface area contributed by atoms with E-state index in [-0.39, 0.29) is 17.5 Å². The minimum absolute atomic E-state index is 0.0286. The molecule has 1 N–H and O–H groups in total. The summed E-state index contributed by atoms with van der Waals surface area (Å²) in [5.74, 6) is -0.318. The second kappa shape index (κ2) is 5.88. The van der Waals surface area contributed by atoms with Gasteiger partial charge in [0.15, 0.2) is 5.78 Å². The van der Waals surface area contributed by atoms with Crippen LogP contribution in [-0.2, 0) is 12.8 Å². The molecule has 2 aromatic rings. The Hall–Kier alpha value is -2.62. The number of benzene rings is 2. The molecule has 0 amide bonds. The van der Waals surface area contributed by atoms with Gasteiger partial charge in [-0.15, -0.1) is 0 Å². The van der Waals surface area contributed by atoms with Crippen molar-refractivity contribution < 1.29 is 19.4 Å². The quantitative estimate of drug-likeness (QED) is 0.942. The van der Waals surface area contributed by atoms with Crippen molar-refractivity contribution in [1.29, 1.82) is 0 Å². The molecule has 118 valence electrons. The number of hydrogen-bond donors (Lipinski definition) is 1. The van der Waals surface area contributed by atoms with Crippen molar-refractivity contribution >= 4 is 11.8 Å². The first-order valence-corrected chi connectivity index (χ1v) is 7.67. The highest BCUT2D eigenvalue weighted by Gasteiger charge is 2.24. The molecule has 0 saturated carbocycles. The number of ether oxygens (including phenoxy) is 1. The Kier molecular flexibility index (Phi) is 3.90. The molecule has 0 aromatic heterocycles. The summed E-state index contributed by atoms with van der Waals surface area (Å²) in [6.07, 6.45) is 1.30. The molecule has 1 aliphatic rings. The van der Waals surface area contributed by atoms with Crippen molar-refractivity contribution in [3.05, 3.63) is 64.2 Å². The first-order valence-electron chi connectivity index (χ1n) is 7.67. The van der Waals surface area contributed by atoms with Crippen LogP contribution in [0.5, 0.6) is 5.75 Å². The van der Waals surface area contributed by atoms with Crippen LogP contribution in [0.4, 0.5) is 0 Å². The minimum Gasteiger partial charge on any atom is -0.491 e. The molecule has 0 saturated heterocycles. The third-order valence-electron chi connectivity index (χ3n) is 3.98. The number of carbonyl (C=O) groups excluding carboxylic acids is 1. The molecule has 2 aromatic carbocycles. The Morgan fingerprint density at radius 1 is 1.13 bits per heavy atom. The Morgan fingerprint density at radius 3 is 2.61 bits per heavy atom. The Bertz CT molecular complexity index is 790. The Labute approximate surface area is 134 Å². The molecule has 3 rings (SSSR count). The van der Waals surface area contributed by atoms with Crippen molar-refractivity contribution in [3.63, 3.8) is 0 Å². The maximum Gasteiger partial charge on any atom is 0.335 e. The van der Waals surface area contributed by atoms with E-state index in [4.69, 9.17) is 9.84 Å². The minimum atomic E-state index is -0.981. The van der Waals surface area contributed by atoms with Gasteiger partial charge in [0, 0.05) is 16.7 Å². The van der Waals surface area contributed by atoms with Gasteiger partial charge in [-0.3, -0.25) is 4.79 Å². The molecule has 4 heteroatoms. The first kappa shape index (κ1) is 15.3. The van der Waals surface area contributed by atoms with Crippen LogP contribution in [0, 0.1) is 0 Å². The summed E-state index contributed by atoms with van der Waals surface area (Å²) >= 11 is 0. The molecule has 1 aliphatic carbocycles. The normalized spacial score (nSPS) is 13.3. The SMILES string of the molecule is CC(C)Oc1cccc2c1CCc1cc(C(=O)O)ccc1C2=O. The van der Waals surface area contributed by atoms with Crippen LogP contribution in [0.3, 0.4) is 0 Å². The monoisotopic (exact) mass is 310 g/mol. The second-order valence-electron chi connectivity index (χ2n) is 5.96. The molecule has 23 heavy (non-hydrogen) atoms. The Morgan fingerprint density at radius 2 is 1.91 bits per heavy atom. The van der Waals surface area contributed by atoms with Gasteiger partial charge in [-0.25, -0.2) is 4.79 Å². The summed E-state index contributed by atoms with van der Waals surface area (Å²) in [5.41, 5.74) is 3.11. The standard InChI is InChI=1S/C19H18O4/c1-11(2)23-17-5-3-4-16-15(17)9-6-12-10-13(19(21)22)7-8-14(12)18(16)20/h3-5,7-8,10-11H,6,9H2,1-2H3,(H,21,22). The fourth-order valence-corrected chi connectivity index (χ4v) is 2.96. The number of rotatable bonds is 3. The second-order valence-corrected chi connectivity index (χ2v) is 5.96. The number of fused-ring (bicyclic) bond motifs is 2. The summed E-state index contributed by atoms with van der Waals surface area (Å²) in [6, 6.07) is 10.2. The van der Waals surface area contributed by atoms with Crippen LogP contribution in [-0.4, -0.2) is 23.0 Å². The average molecular weight is 310 g/mol. The zero-order chi connectivity index (χ0) is 16.6. The summed E-state index contributed by atoms with van der Waals surface area (Å²) < 4.78 is 5.83. The van der Waals surface area contributed by atoms with Crippen LogP contribution < -0.4 is 4.74 Å². The summed E-state index contributed by atoms with van der Waals surface area (Å²) in [7, 11) is 0. The van der Waals surface area contributed by atoms with E-state index in [9.17, 15) is 9.59 Å². The lowest BCUT2D eigenvalue weighted by Gasteiger charge is -2.15. The number of carboxylic acid groups (broad SMARTS) is 1. The molecule has 0 spiro atoms. The fraction of sp³-hybridized carbons (Fsp3) is 0.263. The summed E-state index contributed by atoms with van der Waals surface area (Å²) in [5, 5.41) is 9.13. The van der Waals surface area contributed by atoms with E-state index in [0.717, 1.165) is 16.9 Å². The number of hydrogen-bond acceptors (Lipinski definition) is 3.